The lowest BCUT2D eigenvalue weighted by Gasteiger charge is -2.17. The fraction of sp³-hybridized carbons (Fsp3) is 0.471. The van der Waals surface area contributed by atoms with Crippen LogP contribution in [0.25, 0.3) is 0 Å². The number of amides is 2. The first-order chi connectivity index (χ1) is 11.6. The summed E-state index contributed by atoms with van der Waals surface area (Å²) < 4.78 is 7.46. The molecule has 1 atom stereocenters. The molecular formula is C17H23N5O2. The number of urea groups is 1. The highest BCUT2D eigenvalue weighted by molar-refractivity contribution is 5.87. The molecule has 7 heteroatoms. The topological polar surface area (TPSA) is 72.3 Å². The largest absolute Gasteiger partial charge is 0.374 e. The van der Waals surface area contributed by atoms with Crippen molar-refractivity contribution >= 4 is 12.0 Å². The monoisotopic (exact) mass is 329 g/mol. The van der Waals surface area contributed by atoms with E-state index in [9.17, 15) is 4.79 Å². The second-order valence-corrected chi connectivity index (χ2v) is 6.22. The number of likely N-dealkylation sites (tertiary alicyclic amines) is 1. The first-order valence-electron chi connectivity index (χ1n) is 8.25. The van der Waals surface area contributed by atoms with Crippen molar-refractivity contribution in [2.24, 2.45) is 0 Å². The minimum atomic E-state index is -0.178. The van der Waals surface area contributed by atoms with Crippen LogP contribution in [-0.4, -0.2) is 51.0 Å². The molecule has 0 unspecified atom stereocenters. The Morgan fingerprint density at radius 1 is 1.38 bits per heavy atom. The summed E-state index contributed by atoms with van der Waals surface area (Å²) in [5.74, 6) is 0.323. The number of nitrogens with zero attached hydrogens (tertiary/aromatic N) is 4. The first-order valence-corrected chi connectivity index (χ1v) is 8.25. The van der Waals surface area contributed by atoms with Gasteiger partial charge >= 0.3 is 6.03 Å². The van der Waals surface area contributed by atoms with Crippen LogP contribution < -0.4 is 5.32 Å². The average molecular weight is 329 g/mol. The maximum absolute atomic E-state index is 12.3. The number of ether oxygens (including phenoxy) is 1. The second-order valence-electron chi connectivity index (χ2n) is 6.22. The van der Waals surface area contributed by atoms with Gasteiger partial charge in [0.2, 0.25) is 5.95 Å². The molecule has 0 spiro atoms. The van der Waals surface area contributed by atoms with E-state index in [2.05, 4.69) is 15.4 Å². The third-order valence-corrected chi connectivity index (χ3v) is 3.84. The van der Waals surface area contributed by atoms with Crippen LogP contribution in [0.2, 0.25) is 0 Å². The normalized spacial score (nSPS) is 17.5. The molecule has 128 valence electrons. The quantitative estimate of drug-likeness (QED) is 0.914. The lowest BCUT2D eigenvalue weighted by atomic mass is 10.2. The fourth-order valence-electron chi connectivity index (χ4n) is 2.78. The van der Waals surface area contributed by atoms with Crippen LogP contribution >= 0.6 is 0 Å². The molecule has 2 heterocycles. The van der Waals surface area contributed by atoms with Gasteiger partial charge in [0.1, 0.15) is 6.33 Å². The van der Waals surface area contributed by atoms with Crippen molar-refractivity contribution in [2.45, 2.75) is 39.0 Å². The molecule has 2 aromatic rings. The van der Waals surface area contributed by atoms with Gasteiger partial charge < -0.3 is 9.64 Å². The lowest BCUT2D eigenvalue weighted by Crippen LogP contribution is -2.34. The predicted molar refractivity (Wildman–Crippen MR) is 90.8 cm³/mol. The number of aromatic nitrogens is 3. The molecule has 1 aliphatic rings. The molecule has 0 aliphatic carbocycles. The average Bonchev–Trinajstić information content (AvgIpc) is 3.17. The van der Waals surface area contributed by atoms with Crippen molar-refractivity contribution in [3.63, 3.8) is 0 Å². The van der Waals surface area contributed by atoms with Crippen LogP contribution in [0.5, 0.6) is 0 Å². The summed E-state index contributed by atoms with van der Waals surface area (Å²) in [5, 5.41) is 7.05. The van der Waals surface area contributed by atoms with E-state index in [-0.39, 0.29) is 18.2 Å². The van der Waals surface area contributed by atoms with Gasteiger partial charge in [0.25, 0.3) is 0 Å². The van der Waals surface area contributed by atoms with Crippen LogP contribution in [-0.2, 0) is 11.3 Å². The van der Waals surface area contributed by atoms with Gasteiger partial charge in [0.05, 0.1) is 18.8 Å². The van der Waals surface area contributed by atoms with E-state index in [0.717, 1.165) is 12.0 Å². The molecule has 24 heavy (non-hydrogen) atoms. The summed E-state index contributed by atoms with van der Waals surface area (Å²) in [7, 11) is 0. The smallest absolute Gasteiger partial charge is 0.324 e. The molecule has 7 nitrogen and oxygen atoms in total. The van der Waals surface area contributed by atoms with E-state index in [4.69, 9.17) is 4.74 Å². The Bertz CT molecular complexity index is 671. The minimum absolute atomic E-state index is 0.111. The Hall–Kier alpha value is -2.41. The minimum Gasteiger partial charge on any atom is -0.374 e. The summed E-state index contributed by atoms with van der Waals surface area (Å²) in [5.41, 5.74) is 1.13. The van der Waals surface area contributed by atoms with Crippen LogP contribution in [0, 0.1) is 0 Å². The van der Waals surface area contributed by atoms with Crippen LogP contribution in [0.15, 0.2) is 36.7 Å². The first kappa shape index (κ1) is 16.4. The van der Waals surface area contributed by atoms with E-state index in [1.807, 2.05) is 44.2 Å². The van der Waals surface area contributed by atoms with Gasteiger partial charge in [-0.3, -0.25) is 5.32 Å². The molecule has 1 saturated heterocycles. The van der Waals surface area contributed by atoms with Gasteiger partial charge in [-0.05, 0) is 25.8 Å². The molecular weight excluding hydrogens is 306 g/mol. The molecule has 0 radical (unpaired) electrons. The number of anilines is 1. The molecule has 1 aliphatic heterocycles. The van der Waals surface area contributed by atoms with Crippen molar-refractivity contribution in [3.8, 4) is 0 Å². The van der Waals surface area contributed by atoms with E-state index >= 15 is 0 Å². The van der Waals surface area contributed by atoms with Gasteiger partial charge in [-0.1, -0.05) is 30.3 Å². The number of hydrogen-bond acceptors (Lipinski definition) is 4. The van der Waals surface area contributed by atoms with Gasteiger partial charge in [-0.2, -0.15) is 0 Å². The van der Waals surface area contributed by atoms with Gasteiger partial charge in [-0.25, -0.2) is 14.5 Å². The zero-order valence-electron chi connectivity index (χ0n) is 14.1. The molecule has 1 fully saturated rings. The molecule has 2 amide bonds. The Morgan fingerprint density at radius 3 is 2.92 bits per heavy atom. The Morgan fingerprint density at radius 2 is 2.17 bits per heavy atom. The van der Waals surface area contributed by atoms with Crippen molar-refractivity contribution in [2.75, 3.05) is 18.4 Å². The highest BCUT2D eigenvalue weighted by Crippen LogP contribution is 2.15. The van der Waals surface area contributed by atoms with Crippen LogP contribution in [0.4, 0.5) is 10.7 Å². The second kappa shape index (κ2) is 7.44. The summed E-state index contributed by atoms with van der Waals surface area (Å²) in [6.45, 7) is 5.93. The van der Waals surface area contributed by atoms with Crippen molar-refractivity contribution in [1.29, 1.82) is 0 Å². The number of carbonyl (C=O) groups is 1. The maximum atomic E-state index is 12.3. The standard InChI is InChI=1S/C17H23N5O2/c1-13(2)24-15-8-9-21(11-15)17(23)19-16-18-12-22(20-16)10-14-6-4-3-5-7-14/h3-7,12-13,15H,8-11H2,1-2H3,(H,19,20,23)/t15-/m1/s1. The number of hydrogen-bond donors (Lipinski definition) is 1. The summed E-state index contributed by atoms with van der Waals surface area (Å²) in [6, 6.07) is 9.82. The predicted octanol–water partition coefficient (Wildman–Crippen LogP) is 2.36. The van der Waals surface area contributed by atoms with Gasteiger partial charge in [0, 0.05) is 13.1 Å². The molecule has 1 aromatic heterocycles. The van der Waals surface area contributed by atoms with Crippen molar-refractivity contribution in [1.82, 2.24) is 19.7 Å². The van der Waals surface area contributed by atoms with Crippen molar-refractivity contribution < 1.29 is 9.53 Å². The van der Waals surface area contributed by atoms with Crippen LogP contribution in [0.3, 0.4) is 0 Å². The highest BCUT2D eigenvalue weighted by Gasteiger charge is 2.27. The SMILES string of the molecule is CC(C)O[C@@H]1CCN(C(=O)Nc2ncn(Cc3ccccc3)n2)C1. The lowest BCUT2D eigenvalue weighted by molar-refractivity contribution is 0.0160. The molecule has 1 aromatic carbocycles. The zero-order chi connectivity index (χ0) is 16.9. The third-order valence-electron chi connectivity index (χ3n) is 3.84. The summed E-state index contributed by atoms with van der Waals surface area (Å²) in [6.07, 6.45) is 2.77. The fourth-order valence-corrected chi connectivity index (χ4v) is 2.78. The Labute approximate surface area is 141 Å². The number of benzene rings is 1. The maximum Gasteiger partial charge on any atom is 0.324 e. The van der Waals surface area contributed by atoms with Crippen molar-refractivity contribution in [3.05, 3.63) is 42.2 Å². The summed E-state index contributed by atoms with van der Waals surface area (Å²) in [4.78, 5) is 18.2. The molecule has 1 N–H and O–H groups in total. The Kier molecular flexibility index (Phi) is 5.10. The molecule has 0 bridgehead atoms. The Balaban J connectivity index is 1.52. The van der Waals surface area contributed by atoms with E-state index in [1.54, 1.807) is 15.9 Å². The van der Waals surface area contributed by atoms with E-state index in [0.29, 0.717) is 25.6 Å². The number of carbonyl (C=O) groups excluding carboxylic acids is 1. The third kappa shape index (κ3) is 4.32. The number of nitrogens with one attached hydrogen (secondary N) is 1. The number of rotatable bonds is 5. The molecule has 0 saturated carbocycles. The highest BCUT2D eigenvalue weighted by atomic mass is 16.5. The molecule has 3 rings (SSSR count). The van der Waals surface area contributed by atoms with Gasteiger partial charge in [-0.15, -0.1) is 5.10 Å². The van der Waals surface area contributed by atoms with Gasteiger partial charge in [0.15, 0.2) is 0 Å². The van der Waals surface area contributed by atoms with E-state index in [1.165, 1.54) is 0 Å². The van der Waals surface area contributed by atoms with Crippen LogP contribution in [0.1, 0.15) is 25.8 Å². The van der Waals surface area contributed by atoms with E-state index < -0.39 is 0 Å². The summed E-state index contributed by atoms with van der Waals surface area (Å²) >= 11 is 0. The zero-order valence-corrected chi connectivity index (χ0v) is 14.1.